The Morgan fingerprint density at radius 1 is 0.929 bits per heavy atom. The molecule has 0 spiro atoms. The molecule has 0 amide bonds. The van der Waals surface area contributed by atoms with Gasteiger partial charge in [0.1, 0.15) is 0 Å². The number of hydrogen-bond acceptors (Lipinski definition) is 3. The van der Waals surface area contributed by atoms with Crippen LogP contribution in [0, 0.1) is 10.8 Å². The van der Waals surface area contributed by atoms with Crippen molar-refractivity contribution >= 4 is 11.6 Å². The standard InChI is InChI=1S/C11H19NO2/c1-10(2)6-12(5)7-11(3,4)9(14)8(10)13/h6-7H2,1-5H3. The largest absolute Gasteiger partial charge is 0.304 e. The Labute approximate surface area is 85.5 Å². The summed E-state index contributed by atoms with van der Waals surface area (Å²) in [6.07, 6.45) is 0. The number of likely N-dealkylation sites (tertiary alicyclic amines) is 1. The first kappa shape index (κ1) is 11.4. The third-order valence-corrected chi connectivity index (χ3v) is 2.77. The summed E-state index contributed by atoms with van der Waals surface area (Å²) in [5, 5.41) is 0. The molecule has 1 aliphatic heterocycles. The van der Waals surface area contributed by atoms with Gasteiger partial charge in [0.15, 0.2) is 0 Å². The van der Waals surface area contributed by atoms with Crippen molar-refractivity contribution in [1.29, 1.82) is 0 Å². The Morgan fingerprint density at radius 2 is 1.21 bits per heavy atom. The summed E-state index contributed by atoms with van der Waals surface area (Å²) in [6, 6.07) is 0. The van der Waals surface area contributed by atoms with Crippen molar-refractivity contribution in [2.24, 2.45) is 10.8 Å². The van der Waals surface area contributed by atoms with Crippen molar-refractivity contribution in [2.75, 3.05) is 20.1 Å². The molecule has 1 rings (SSSR count). The molecule has 0 aliphatic carbocycles. The zero-order chi connectivity index (χ0) is 11.1. The lowest BCUT2D eigenvalue weighted by molar-refractivity contribution is -0.144. The molecule has 3 nitrogen and oxygen atoms in total. The molecule has 0 atom stereocenters. The maximum absolute atomic E-state index is 11.9. The number of rotatable bonds is 0. The SMILES string of the molecule is CN1CC(C)(C)C(=O)C(=O)C(C)(C)C1. The third-order valence-electron chi connectivity index (χ3n) is 2.77. The molecular formula is C11H19NO2. The summed E-state index contributed by atoms with van der Waals surface area (Å²) in [5.41, 5.74) is -1.08. The van der Waals surface area contributed by atoms with E-state index < -0.39 is 10.8 Å². The van der Waals surface area contributed by atoms with Crippen molar-refractivity contribution in [3.8, 4) is 0 Å². The molecule has 1 aliphatic rings. The lowest BCUT2D eigenvalue weighted by Crippen LogP contribution is -2.38. The van der Waals surface area contributed by atoms with Crippen molar-refractivity contribution in [3.05, 3.63) is 0 Å². The van der Waals surface area contributed by atoms with Crippen LogP contribution in [0.25, 0.3) is 0 Å². The predicted octanol–water partition coefficient (Wildman–Crippen LogP) is 1.12. The molecule has 3 heteroatoms. The average Bonchev–Trinajstić information content (AvgIpc) is 2.01. The normalized spacial score (nSPS) is 27.5. The van der Waals surface area contributed by atoms with Crippen molar-refractivity contribution in [1.82, 2.24) is 4.90 Å². The minimum Gasteiger partial charge on any atom is -0.304 e. The van der Waals surface area contributed by atoms with Crippen LogP contribution < -0.4 is 0 Å². The van der Waals surface area contributed by atoms with Crippen LogP contribution in [0.15, 0.2) is 0 Å². The molecule has 0 bridgehead atoms. The highest BCUT2D eigenvalue weighted by molar-refractivity contribution is 6.41. The summed E-state index contributed by atoms with van der Waals surface area (Å²) in [5.74, 6) is -0.460. The molecule has 1 heterocycles. The number of hydrogen-bond donors (Lipinski definition) is 0. The molecule has 0 saturated carbocycles. The second-order valence-electron chi connectivity index (χ2n) is 5.60. The number of nitrogens with zero attached hydrogens (tertiary/aromatic N) is 1. The fraction of sp³-hybridized carbons (Fsp3) is 0.818. The van der Waals surface area contributed by atoms with E-state index in [1.54, 1.807) is 0 Å². The number of carbonyl (C=O) groups is 2. The number of carbonyl (C=O) groups excluding carboxylic acids is 2. The van der Waals surface area contributed by atoms with E-state index in [0.29, 0.717) is 13.1 Å². The first-order valence-corrected chi connectivity index (χ1v) is 4.95. The molecule has 14 heavy (non-hydrogen) atoms. The van der Waals surface area contributed by atoms with Crippen LogP contribution in [0.2, 0.25) is 0 Å². The van der Waals surface area contributed by atoms with Crippen LogP contribution in [0.5, 0.6) is 0 Å². The van der Waals surface area contributed by atoms with E-state index in [-0.39, 0.29) is 11.6 Å². The topological polar surface area (TPSA) is 37.4 Å². The second kappa shape index (κ2) is 3.16. The quantitative estimate of drug-likeness (QED) is 0.546. The summed E-state index contributed by atoms with van der Waals surface area (Å²) in [7, 11) is 1.95. The van der Waals surface area contributed by atoms with Crippen LogP contribution >= 0.6 is 0 Å². The van der Waals surface area contributed by atoms with Crippen molar-refractivity contribution in [3.63, 3.8) is 0 Å². The van der Waals surface area contributed by atoms with E-state index in [4.69, 9.17) is 0 Å². The lowest BCUT2D eigenvalue weighted by Gasteiger charge is -2.25. The Balaban J connectivity index is 3.09. The van der Waals surface area contributed by atoms with Gasteiger partial charge in [0.05, 0.1) is 0 Å². The summed E-state index contributed by atoms with van der Waals surface area (Å²) in [4.78, 5) is 25.8. The molecular weight excluding hydrogens is 178 g/mol. The monoisotopic (exact) mass is 197 g/mol. The molecule has 0 aromatic rings. The molecule has 0 radical (unpaired) electrons. The first-order valence-electron chi connectivity index (χ1n) is 4.95. The van der Waals surface area contributed by atoms with Gasteiger partial charge < -0.3 is 4.90 Å². The Morgan fingerprint density at radius 3 is 1.50 bits per heavy atom. The van der Waals surface area contributed by atoms with Gasteiger partial charge in [0, 0.05) is 23.9 Å². The van der Waals surface area contributed by atoms with Gasteiger partial charge in [-0.15, -0.1) is 0 Å². The maximum Gasteiger partial charge on any atom is 0.205 e. The zero-order valence-electron chi connectivity index (χ0n) is 9.68. The van der Waals surface area contributed by atoms with E-state index in [1.807, 2.05) is 34.7 Å². The molecule has 1 saturated heterocycles. The Kier molecular flexibility index (Phi) is 2.57. The average molecular weight is 197 g/mol. The van der Waals surface area contributed by atoms with Gasteiger partial charge in [-0.3, -0.25) is 9.59 Å². The molecule has 0 aromatic heterocycles. The van der Waals surface area contributed by atoms with Crippen molar-refractivity contribution < 1.29 is 9.59 Å². The highest BCUT2D eigenvalue weighted by Gasteiger charge is 2.45. The second-order valence-corrected chi connectivity index (χ2v) is 5.60. The van der Waals surface area contributed by atoms with E-state index in [1.165, 1.54) is 0 Å². The molecule has 0 unspecified atom stereocenters. The summed E-state index contributed by atoms with van der Waals surface area (Å²) < 4.78 is 0. The van der Waals surface area contributed by atoms with Crippen LogP contribution in [0.1, 0.15) is 27.7 Å². The maximum atomic E-state index is 11.9. The fourth-order valence-corrected chi connectivity index (χ4v) is 2.16. The highest BCUT2D eigenvalue weighted by atomic mass is 16.2. The smallest absolute Gasteiger partial charge is 0.205 e. The van der Waals surface area contributed by atoms with Gasteiger partial charge in [0.25, 0.3) is 0 Å². The number of ketones is 2. The minimum atomic E-state index is -0.542. The molecule has 0 aromatic carbocycles. The van der Waals surface area contributed by atoms with Crippen LogP contribution in [0.3, 0.4) is 0 Å². The number of Topliss-reactive ketones (excluding diaryl/α,β-unsaturated/α-hetero) is 2. The zero-order valence-corrected chi connectivity index (χ0v) is 9.68. The first-order chi connectivity index (χ1) is 6.17. The Bertz CT molecular complexity index is 251. The van der Waals surface area contributed by atoms with Gasteiger partial charge in [0.2, 0.25) is 11.6 Å². The Hall–Kier alpha value is -0.700. The van der Waals surface area contributed by atoms with E-state index in [9.17, 15) is 9.59 Å². The predicted molar refractivity (Wildman–Crippen MR) is 55.1 cm³/mol. The van der Waals surface area contributed by atoms with Gasteiger partial charge in [-0.2, -0.15) is 0 Å². The van der Waals surface area contributed by atoms with Gasteiger partial charge in [-0.05, 0) is 7.05 Å². The molecule has 80 valence electrons. The van der Waals surface area contributed by atoms with E-state index in [0.717, 1.165) is 0 Å². The third kappa shape index (κ3) is 1.87. The molecule has 1 fully saturated rings. The van der Waals surface area contributed by atoms with Crippen LogP contribution in [0.4, 0.5) is 0 Å². The van der Waals surface area contributed by atoms with E-state index >= 15 is 0 Å². The van der Waals surface area contributed by atoms with Gasteiger partial charge >= 0.3 is 0 Å². The fourth-order valence-electron chi connectivity index (χ4n) is 2.16. The van der Waals surface area contributed by atoms with Crippen LogP contribution in [-0.4, -0.2) is 36.6 Å². The highest BCUT2D eigenvalue weighted by Crippen LogP contribution is 2.30. The summed E-state index contributed by atoms with van der Waals surface area (Å²) in [6.45, 7) is 8.66. The molecule has 0 N–H and O–H groups in total. The van der Waals surface area contributed by atoms with Gasteiger partial charge in [-0.1, -0.05) is 27.7 Å². The summed E-state index contributed by atoms with van der Waals surface area (Å²) >= 11 is 0. The minimum absolute atomic E-state index is 0.230. The van der Waals surface area contributed by atoms with Crippen LogP contribution in [-0.2, 0) is 9.59 Å². The van der Waals surface area contributed by atoms with E-state index in [2.05, 4.69) is 4.90 Å². The van der Waals surface area contributed by atoms with Gasteiger partial charge in [-0.25, -0.2) is 0 Å². The van der Waals surface area contributed by atoms with Crippen molar-refractivity contribution in [2.45, 2.75) is 27.7 Å². The lowest BCUT2D eigenvalue weighted by atomic mass is 9.79.